The molecule has 9 heteroatoms. The average molecular weight is 461 g/mol. The molecule has 0 unspecified atom stereocenters. The first kappa shape index (κ1) is 19.9. The summed E-state index contributed by atoms with van der Waals surface area (Å²) in [6.07, 6.45) is 0.982. The number of Topliss-reactive ketones (excluding diaryl/α,β-unsaturated/α-hetero) is 1. The van der Waals surface area contributed by atoms with Crippen LogP contribution in [0.15, 0.2) is 61.7 Å². The molecule has 1 aliphatic carbocycles. The van der Waals surface area contributed by atoms with Crippen molar-refractivity contribution in [2.45, 2.75) is 32.6 Å². The summed E-state index contributed by atoms with van der Waals surface area (Å²) in [7, 11) is 0. The number of para-hydroxylation sites is 1. The van der Waals surface area contributed by atoms with Crippen molar-refractivity contribution in [2.24, 2.45) is 5.41 Å². The number of aromatic amines is 2. The maximum atomic E-state index is 13.3. The van der Waals surface area contributed by atoms with Gasteiger partial charge in [-0.25, -0.2) is 9.78 Å². The van der Waals surface area contributed by atoms with Crippen LogP contribution in [0.5, 0.6) is 0 Å². The van der Waals surface area contributed by atoms with Crippen molar-refractivity contribution in [1.29, 1.82) is 0 Å². The number of ketones is 1. The van der Waals surface area contributed by atoms with Crippen LogP contribution in [-0.2, 0) is 4.79 Å². The first-order chi connectivity index (χ1) is 15.8. The van der Waals surface area contributed by atoms with Crippen molar-refractivity contribution in [3.8, 4) is 10.8 Å². The molecule has 0 bridgehead atoms. The molecule has 3 aromatic heterocycles. The van der Waals surface area contributed by atoms with Crippen LogP contribution in [0.25, 0.3) is 21.0 Å². The summed E-state index contributed by atoms with van der Waals surface area (Å²) in [4.78, 5) is 47.7. The third kappa shape index (κ3) is 3.19. The Kier molecular flexibility index (Phi) is 4.16. The summed E-state index contributed by atoms with van der Waals surface area (Å²) < 4.78 is 7.26. The number of carbonyl (C=O) groups excluding carboxylic acids is 1. The van der Waals surface area contributed by atoms with Crippen LogP contribution < -0.4 is 16.6 Å². The number of aromatic nitrogens is 3. The second-order valence-corrected chi connectivity index (χ2v) is 10.3. The van der Waals surface area contributed by atoms with Gasteiger partial charge >= 0.3 is 5.69 Å². The molecule has 166 valence electrons. The van der Waals surface area contributed by atoms with E-state index < -0.39 is 17.2 Å². The number of allylic oxidation sites excluding steroid dienone is 2. The lowest BCUT2D eigenvalue weighted by Crippen LogP contribution is -2.38. The van der Waals surface area contributed by atoms with Crippen molar-refractivity contribution in [3.63, 3.8) is 0 Å². The fourth-order valence-corrected chi connectivity index (χ4v) is 5.76. The number of H-pyrrole nitrogens is 2. The van der Waals surface area contributed by atoms with Crippen LogP contribution in [0, 0.1) is 5.41 Å². The van der Waals surface area contributed by atoms with Gasteiger partial charge in [-0.15, -0.1) is 11.3 Å². The van der Waals surface area contributed by atoms with E-state index in [-0.39, 0.29) is 16.8 Å². The van der Waals surface area contributed by atoms with Gasteiger partial charge in [0.1, 0.15) is 11.6 Å². The molecule has 6 rings (SSSR count). The summed E-state index contributed by atoms with van der Waals surface area (Å²) in [5, 5.41) is 3.87. The van der Waals surface area contributed by atoms with E-state index >= 15 is 0 Å². The van der Waals surface area contributed by atoms with E-state index in [0.29, 0.717) is 41.5 Å². The number of rotatable bonds is 2. The number of benzene rings is 1. The zero-order valence-corrected chi connectivity index (χ0v) is 18.8. The summed E-state index contributed by atoms with van der Waals surface area (Å²) in [5.74, 6) is 0.579. The van der Waals surface area contributed by atoms with Gasteiger partial charge in [-0.05, 0) is 36.1 Å². The van der Waals surface area contributed by atoms with Crippen molar-refractivity contribution >= 4 is 33.2 Å². The van der Waals surface area contributed by atoms with Gasteiger partial charge in [0.15, 0.2) is 16.6 Å². The Morgan fingerprint density at radius 1 is 1.06 bits per heavy atom. The minimum absolute atomic E-state index is 0.0343. The van der Waals surface area contributed by atoms with Crippen molar-refractivity contribution in [2.75, 3.05) is 5.32 Å². The molecule has 0 radical (unpaired) electrons. The maximum absolute atomic E-state index is 13.3. The standard InChI is InChI=1S/C24H20N4O4S/c1-24(2)9-12-17(13(29)10-24)18(19-20(25-12)27-23(31)28-21(19)30)14-7-8-15(32-14)22-26-11-5-3-4-6-16(11)33-22/h3-8,18H,9-10H2,1-2H3,(H3,25,27,28,30,31)/t18-/m0/s1. The molecule has 33 heavy (non-hydrogen) atoms. The highest BCUT2D eigenvalue weighted by atomic mass is 32.1. The van der Waals surface area contributed by atoms with E-state index in [1.54, 1.807) is 6.07 Å². The van der Waals surface area contributed by atoms with E-state index in [0.717, 1.165) is 15.2 Å². The molecular formula is C24H20N4O4S. The minimum atomic E-state index is -0.719. The topological polar surface area (TPSA) is 121 Å². The summed E-state index contributed by atoms with van der Waals surface area (Å²) in [6, 6.07) is 11.4. The van der Waals surface area contributed by atoms with Crippen LogP contribution >= 0.6 is 11.3 Å². The lowest BCUT2D eigenvalue weighted by atomic mass is 9.70. The average Bonchev–Trinajstić information content (AvgIpc) is 3.38. The number of carbonyl (C=O) groups is 1. The highest BCUT2D eigenvalue weighted by Gasteiger charge is 2.43. The first-order valence-corrected chi connectivity index (χ1v) is 11.5. The number of furan rings is 1. The van der Waals surface area contributed by atoms with Gasteiger partial charge in [0.2, 0.25) is 0 Å². The molecule has 1 aliphatic heterocycles. The molecule has 3 N–H and O–H groups in total. The zero-order valence-electron chi connectivity index (χ0n) is 17.9. The number of hydrogen-bond donors (Lipinski definition) is 3. The molecule has 0 amide bonds. The highest BCUT2D eigenvalue weighted by Crippen LogP contribution is 2.48. The zero-order chi connectivity index (χ0) is 22.9. The number of anilines is 1. The number of thiazole rings is 1. The number of fused-ring (bicyclic) bond motifs is 2. The lowest BCUT2D eigenvalue weighted by Gasteiger charge is -2.37. The lowest BCUT2D eigenvalue weighted by molar-refractivity contribution is -0.118. The van der Waals surface area contributed by atoms with Gasteiger partial charge in [0, 0.05) is 17.7 Å². The summed E-state index contributed by atoms with van der Waals surface area (Å²) in [5.41, 5.74) is 0.996. The predicted molar refractivity (Wildman–Crippen MR) is 126 cm³/mol. The van der Waals surface area contributed by atoms with Crippen LogP contribution in [0.3, 0.4) is 0 Å². The molecule has 8 nitrogen and oxygen atoms in total. The smallest absolute Gasteiger partial charge is 0.327 e. The Bertz CT molecular complexity index is 1570. The van der Waals surface area contributed by atoms with Crippen LogP contribution in [-0.4, -0.2) is 20.7 Å². The van der Waals surface area contributed by atoms with Gasteiger partial charge in [-0.3, -0.25) is 19.6 Å². The Morgan fingerprint density at radius 2 is 1.88 bits per heavy atom. The van der Waals surface area contributed by atoms with Crippen molar-refractivity contribution in [3.05, 3.63) is 79.8 Å². The van der Waals surface area contributed by atoms with Crippen LogP contribution in [0.1, 0.15) is 43.9 Å². The van der Waals surface area contributed by atoms with Crippen LogP contribution in [0.4, 0.5) is 5.82 Å². The molecule has 4 heterocycles. The van der Waals surface area contributed by atoms with Gasteiger partial charge < -0.3 is 9.73 Å². The van der Waals surface area contributed by atoms with E-state index in [9.17, 15) is 14.4 Å². The second kappa shape index (κ2) is 6.89. The minimum Gasteiger partial charge on any atom is -0.458 e. The monoisotopic (exact) mass is 460 g/mol. The molecule has 1 aromatic carbocycles. The van der Waals surface area contributed by atoms with E-state index in [2.05, 4.69) is 20.3 Å². The van der Waals surface area contributed by atoms with Crippen LogP contribution in [0.2, 0.25) is 0 Å². The highest BCUT2D eigenvalue weighted by molar-refractivity contribution is 7.21. The summed E-state index contributed by atoms with van der Waals surface area (Å²) in [6.45, 7) is 4.05. The maximum Gasteiger partial charge on any atom is 0.327 e. The fourth-order valence-electron chi connectivity index (χ4n) is 4.83. The van der Waals surface area contributed by atoms with Gasteiger partial charge in [-0.1, -0.05) is 26.0 Å². The Labute approximate surface area is 191 Å². The SMILES string of the molecule is CC1(C)CC(=O)C2=C(C1)Nc1[nH]c(=O)[nH]c(=O)c1[C@H]2c1ccc(-c2nc3ccccc3s2)o1. The normalized spacial score (nSPS) is 19.3. The summed E-state index contributed by atoms with van der Waals surface area (Å²) >= 11 is 1.51. The molecule has 0 saturated carbocycles. The number of nitrogens with zero attached hydrogens (tertiary/aromatic N) is 1. The molecule has 0 spiro atoms. The molecular weight excluding hydrogens is 440 g/mol. The van der Waals surface area contributed by atoms with Gasteiger partial charge in [0.25, 0.3) is 5.56 Å². The van der Waals surface area contributed by atoms with E-state index in [4.69, 9.17) is 4.42 Å². The predicted octanol–water partition coefficient (Wildman–Crippen LogP) is 4.13. The Balaban J connectivity index is 1.53. The largest absolute Gasteiger partial charge is 0.458 e. The van der Waals surface area contributed by atoms with Crippen molar-refractivity contribution in [1.82, 2.24) is 15.0 Å². The first-order valence-electron chi connectivity index (χ1n) is 10.6. The third-order valence-corrected chi connectivity index (χ3v) is 7.22. The quantitative estimate of drug-likeness (QED) is 0.414. The fraction of sp³-hybridized carbons (Fsp3) is 0.250. The number of nitrogens with one attached hydrogen (secondary N) is 3. The second-order valence-electron chi connectivity index (χ2n) is 9.28. The third-order valence-electron chi connectivity index (χ3n) is 6.17. The van der Waals surface area contributed by atoms with Gasteiger partial charge in [0.05, 0.1) is 21.7 Å². The Morgan fingerprint density at radius 3 is 2.70 bits per heavy atom. The van der Waals surface area contributed by atoms with E-state index in [1.165, 1.54) is 11.3 Å². The molecule has 4 aromatic rings. The van der Waals surface area contributed by atoms with Crippen molar-refractivity contribution < 1.29 is 9.21 Å². The van der Waals surface area contributed by atoms with Gasteiger partial charge in [-0.2, -0.15) is 0 Å². The molecule has 2 aliphatic rings. The molecule has 1 atom stereocenters. The number of hydrogen-bond acceptors (Lipinski definition) is 7. The Hall–Kier alpha value is -3.72. The van der Waals surface area contributed by atoms with E-state index in [1.807, 2.05) is 44.2 Å². The molecule has 0 fully saturated rings. The molecule has 0 saturated heterocycles.